The maximum atomic E-state index is 11.4. The molecular formula is C13H27N3O2. The van der Waals surface area contributed by atoms with Crippen molar-refractivity contribution in [3.8, 4) is 0 Å². The first-order valence-electron chi connectivity index (χ1n) is 7.06. The molecule has 0 saturated carbocycles. The number of carbonyl (C=O) groups is 1. The second-order valence-corrected chi connectivity index (χ2v) is 4.78. The highest BCUT2D eigenvalue weighted by molar-refractivity contribution is 5.73. The van der Waals surface area contributed by atoms with E-state index in [2.05, 4.69) is 15.5 Å². The van der Waals surface area contributed by atoms with Crippen molar-refractivity contribution >= 4 is 6.03 Å². The fraction of sp³-hybridized carbons (Fsp3) is 0.923. The molecule has 106 valence electrons. The van der Waals surface area contributed by atoms with Gasteiger partial charge in [-0.25, -0.2) is 4.79 Å². The molecule has 18 heavy (non-hydrogen) atoms. The van der Waals surface area contributed by atoms with Crippen LogP contribution in [0.2, 0.25) is 0 Å². The van der Waals surface area contributed by atoms with Crippen LogP contribution in [-0.4, -0.2) is 57.4 Å². The van der Waals surface area contributed by atoms with Crippen LogP contribution in [0.4, 0.5) is 4.79 Å². The van der Waals surface area contributed by atoms with Crippen LogP contribution >= 0.6 is 0 Å². The summed E-state index contributed by atoms with van der Waals surface area (Å²) in [5, 5.41) is 5.68. The molecule has 5 heteroatoms. The van der Waals surface area contributed by atoms with Crippen molar-refractivity contribution < 1.29 is 9.53 Å². The average Bonchev–Trinajstić information content (AvgIpc) is 2.87. The highest BCUT2D eigenvalue weighted by atomic mass is 16.5. The van der Waals surface area contributed by atoms with E-state index in [1.165, 1.54) is 38.9 Å². The summed E-state index contributed by atoms with van der Waals surface area (Å²) in [5.74, 6) is 0. The minimum atomic E-state index is -0.0627. The van der Waals surface area contributed by atoms with Crippen LogP contribution in [0.3, 0.4) is 0 Å². The van der Waals surface area contributed by atoms with Crippen LogP contribution in [0.1, 0.15) is 32.1 Å². The Bertz CT molecular complexity index is 218. The number of hydrogen-bond donors (Lipinski definition) is 2. The van der Waals surface area contributed by atoms with E-state index in [1.54, 1.807) is 7.11 Å². The van der Waals surface area contributed by atoms with Crippen molar-refractivity contribution in [3.05, 3.63) is 0 Å². The molecule has 0 atom stereocenters. The Kier molecular flexibility index (Phi) is 8.59. The van der Waals surface area contributed by atoms with Crippen LogP contribution in [-0.2, 0) is 4.74 Å². The zero-order valence-electron chi connectivity index (χ0n) is 11.5. The van der Waals surface area contributed by atoms with Gasteiger partial charge >= 0.3 is 6.03 Å². The number of hydrogen-bond acceptors (Lipinski definition) is 3. The van der Waals surface area contributed by atoms with Crippen molar-refractivity contribution in [1.82, 2.24) is 15.5 Å². The molecule has 0 bridgehead atoms. The van der Waals surface area contributed by atoms with Gasteiger partial charge in [0.1, 0.15) is 0 Å². The topological polar surface area (TPSA) is 53.6 Å². The van der Waals surface area contributed by atoms with Crippen molar-refractivity contribution in [2.45, 2.75) is 32.1 Å². The van der Waals surface area contributed by atoms with Crippen LogP contribution in [0, 0.1) is 0 Å². The van der Waals surface area contributed by atoms with Gasteiger partial charge in [-0.1, -0.05) is 0 Å². The summed E-state index contributed by atoms with van der Waals surface area (Å²) in [7, 11) is 1.67. The summed E-state index contributed by atoms with van der Waals surface area (Å²) < 4.78 is 4.91. The van der Waals surface area contributed by atoms with E-state index < -0.39 is 0 Å². The lowest BCUT2D eigenvalue weighted by atomic mass is 10.3. The van der Waals surface area contributed by atoms with Gasteiger partial charge in [0.05, 0.1) is 0 Å². The summed E-state index contributed by atoms with van der Waals surface area (Å²) in [6, 6.07) is -0.0627. The summed E-state index contributed by atoms with van der Waals surface area (Å²) in [5.41, 5.74) is 0. The van der Waals surface area contributed by atoms with Gasteiger partial charge in [-0.15, -0.1) is 0 Å². The van der Waals surface area contributed by atoms with Crippen LogP contribution < -0.4 is 10.6 Å². The molecule has 0 unspecified atom stereocenters. The maximum absolute atomic E-state index is 11.4. The number of unbranched alkanes of at least 4 members (excludes halogenated alkanes) is 1. The fourth-order valence-electron chi connectivity index (χ4n) is 2.15. The van der Waals surface area contributed by atoms with E-state index in [0.29, 0.717) is 13.2 Å². The molecule has 1 aliphatic rings. The molecule has 0 aromatic carbocycles. The largest absolute Gasteiger partial charge is 0.385 e. The Morgan fingerprint density at radius 1 is 1.11 bits per heavy atom. The van der Waals surface area contributed by atoms with Crippen molar-refractivity contribution in [2.75, 3.05) is 46.4 Å². The van der Waals surface area contributed by atoms with E-state index in [1.807, 2.05) is 0 Å². The van der Waals surface area contributed by atoms with Gasteiger partial charge in [0.15, 0.2) is 0 Å². The third-order valence-corrected chi connectivity index (χ3v) is 3.20. The van der Waals surface area contributed by atoms with Gasteiger partial charge < -0.3 is 20.3 Å². The Hall–Kier alpha value is -0.810. The summed E-state index contributed by atoms with van der Waals surface area (Å²) in [6.07, 6.45) is 5.79. The first-order chi connectivity index (χ1) is 8.83. The third-order valence-electron chi connectivity index (χ3n) is 3.20. The Morgan fingerprint density at radius 3 is 2.44 bits per heavy atom. The summed E-state index contributed by atoms with van der Waals surface area (Å²) >= 11 is 0. The molecule has 0 aromatic heterocycles. The molecule has 2 N–H and O–H groups in total. The number of likely N-dealkylation sites (tertiary alicyclic amines) is 1. The fourth-order valence-corrected chi connectivity index (χ4v) is 2.15. The zero-order chi connectivity index (χ0) is 13.1. The summed E-state index contributed by atoms with van der Waals surface area (Å²) in [4.78, 5) is 13.9. The Labute approximate surface area is 110 Å². The summed E-state index contributed by atoms with van der Waals surface area (Å²) in [6.45, 7) is 5.82. The van der Waals surface area contributed by atoms with Gasteiger partial charge in [-0.05, 0) is 51.7 Å². The lowest BCUT2D eigenvalue weighted by Crippen LogP contribution is -2.37. The van der Waals surface area contributed by atoms with Gasteiger partial charge in [0, 0.05) is 26.8 Å². The number of methoxy groups -OCH3 is 1. The predicted molar refractivity (Wildman–Crippen MR) is 72.8 cm³/mol. The molecule has 2 amide bonds. The number of ether oxygens (including phenoxy) is 1. The molecule has 1 rings (SSSR count). The number of amides is 2. The standard InChI is InChI=1S/C13H27N3O2/c1-18-12-6-8-15-13(17)14-7-2-3-9-16-10-4-5-11-16/h2-12H2,1H3,(H2,14,15,17). The Morgan fingerprint density at radius 2 is 1.78 bits per heavy atom. The minimum Gasteiger partial charge on any atom is -0.385 e. The molecule has 1 aliphatic heterocycles. The molecule has 0 aliphatic carbocycles. The van der Waals surface area contributed by atoms with E-state index in [0.717, 1.165) is 19.4 Å². The number of rotatable bonds is 9. The SMILES string of the molecule is COCCCNC(=O)NCCCCN1CCCC1. The lowest BCUT2D eigenvalue weighted by molar-refractivity contribution is 0.193. The molecule has 1 heterocycles. The zero-order valence-corrected chi connectivity index (χ0v) is 11.5. The van der Waals surface area contributed by atoms with Crippen LogP contribution in [0.25, 0.3) is 0 Å². The molecule has 0 spiro atoms. The maximum Gasteiger partial charge on any atom is 0.314 e. The first-order valence-corrected chi connectivity index (χ1v) is 7.06. The molecule has 5 nitrogen and oxygen atoms in total. The number of carbonyl (C=O) groups excluding carboxylic acids is 1. The normalized spacial score (nSPS) is 15.8. The van der Waals surface area contributed by atoms with E-state index in [-0.39, 0.29) is 6.03 Å². The van der Waals surface area contributed by atoms with Gasteiger partial charge in [-0.3, -0.25) is 0 Å². The monoisotopic (exact) mass is 257 g/mol. The second-order valence-electron chi connectivity index (χ2n) is 4.78. The molecule has 1 saturated heterocycles. The predicted octanol–water partition coefficient (Wildman–Crippen LogP) is 1.20. The molecule has 0 aromatic rings. The number of urea groups is 1. The van der Waals surface area contributed by atoms with E-state index in [9.17, 15) is 4.79 Å². The smallest absolute Gasteiger partial charge is 0.314 e. The van der Waals surface area contributed by atoms with Crippen LogP contribution in [0.15, 0.2) is 0 Å². The van der Waals surface area contributed by atoms with Gasteiger partial charge in [0.2, 0.25) is 0 Å². The van der Waals surface area contributed by atoms with Crippen molar-refractivity contribution in [3.63, 3.8) is 0 Å². The molecular weight excluding hydrogens is 230 g/mol. The highest BCUT2D eigenvalue weighted by Crippen LogP contribution is 2.07. The Balaban J connectivity index is 1.82. The third kappa shape index (κ3) is 7.50. The van der Waals surface area contributed by atoms with E-state index in [4.69, 9.17) is 4.74 Å². The highest BCUT2D eigenvalue weighted by Gasteiger charge is 2.09. The molecule has 1 fully saturated rings. The lowest BCUT2D eigenvalue weighted by Gasteiger charge is -2.14. The van der Waals surface area contributed by atoms with E-state index >= 15 is 0 Å². The second kappa shape index (κ2) is 10.1. The van der Waals surface area contributed by atoms with Crippen molar-refractivity contribution in [1.29, 1.82) is 0 Å². The van der Waals surface area contributed by atoms with Crippen LogP contribution in [0.5, 0.6) is 0 Å². The van der Waals surface area contributed by atoms with Crippen molar-refractivity contribution in [2.24, 2.45) is 0 Å². The van der Waals surface area contributed by atoms with Gasteiger partial charge in [0.25, 0.3) is 0 Å². The number of nitrogens with one attached hydrogen (secondary N) is 2. The molecule has 0 radical (unpaired) electrons. The van der Waals surface area contributed by atoms with Gasteiger partial charge in [-0.2, -0.15) is 0 Å². The minimum absolute atomic E-state index is 0.0627. The number of nitrogens with zero attached hydrogens (tertiary/aromatic N) is 1. The average molecular weight is 257 g/mol. The first kappa shape index (κ1) is 15.2. The quantitative estimate of drug-likeness (QED) is 0.610.